The highest BCUT2D eigenvalue weighted by Crippen LogP contribution is 2.49. The maximum Gasteiger partial charge on any atom is 0.0892 e. The quantitative estimate of drug-likeness (QED) is 0.670. The van der Waals surface area contributed by atoms with Crippen molar-refractivity contribution in [1.29, 1.82) is 0 Å². The molecule has 1 aliphatic carbocycles. The van der Waals surface area contributed by atoms with Gasteiger partial charge in [0.1, 0.15) is 0 Å². The van der Waals surface area contributed by atoms with Crippen LogP contribution in [0.25, 0.3) is 0 Å². The summed E-state index contributed by atoms with van der Waals surface area (Å²) in [5.74, 6) is 2.64. The zero-order chi connectivity index (χ0) is 12.7. The van der Waals surface area contributed by atoms with Gasteiger partial charge in [-0.15, -0.1) is 0 Å². The molecule has 96 valence electrons. The van der Waals surface area contributed by atoms with E-state index in [4.69, 9.17) is 4.74 Å². The Morgan fingerprint density at radius 1 is 1.11 bits per heavy atom. The van der Waals surface area contributed by atoms with Crippen LogP contribution in [0.5, 0.6) is 0 Å². The fourth-order valence-corrected chi connectivity index (χ4v) is 3.89. The lowest BCUT2D eigenvalue weighted by Crippen LogP contribution is -2.42. The van der Waals surface area contributed by atoms with Gasteiger partial charge >= 0.3 is 0 Å². The predicted octanol–water partition coefficient (Wildman–Crippen LogP) is 4.22. The van der Waals surface area contributed by atoms with E-state index in [1.54, 1.807) is 0 Å². The number of benzene rings is 1. The highest BCUT2D eigenvalue weighted by molar-refractivity contribution is 5.25. The molecule has 1 heteroatoms. The topological polar surface area (TPSA) is 9.23 Å². The van der Waals surface area contributed by atoms with Crippen LogP contribution in [0.2, 0.25) is 0 Å². The van der Waals surface area contributed by atoms with Gasteiger partial charge in [0, 0.05) is 5.92 Å². The first-order chi connectivity index (χ1) is 8.68. The minimum absolute atomic E-state index is 0.251. The van der Waals surface area contributed by atoms with Crippen molar-refractivity contribution >= 4 is 0 Å². The average Bonchev–Trinajstić information content (AvgIpc) is 2.37. The van der Waals surface area contributed by atoms with E-state index in [2.05, 4.69) is 57.2 Å². The molecular weight excluding hydrogens is 220 g/mol. The Kier molecular flexibility index (Phi) is 3.03. The fourth-order valence-electron chi connectivity index (χ4n) is 3.89. The van der Waals surface area contributed by atoms with Gasteiger partial charge < -0.3 is 4.74 Å². The van der Waals surface area contributed by atoms with Gasteiger partial charge in [0.25, 0.3) is 0 Å². The molecule has 2 aliphatic rings. The smallest absolute Gasteiger partial charge is 0.0892 e. The molecule has 0 amide bonds. The highest BCUT2D eigenvalue weighted by atomic mass is 16.5. The molecule has 0 radical (unpaired) electrons. The summed E-state index contributed by atoms with van der Waals surface area (Å²) in [7, 11) is 0. The first kappa shape index (κ1) is 12.0. The largest absolute Gasteiger partial charge is 0.373 e. The molecular formula is C17H22O. The second kappa shape index (κ2) is 4.55. The monoisotopic (exact) mass is 242 g/mol. The van der Waals surface area contributed by atoms with Gasteiger partial charge in [0.05, 0.1) is 12.7 Å². The van der Waals surface area contributed by atoms with Crippen LogP contribution in [0, 0.1) is 23.7 Å². The number of hydrogen-bond acceptors (Lipinski definition) is 1. The van der Waals surface area contributed by atoms with Crippen molar-refractivity contribution < 1.29 is 4.74 Å². The summed E-state index contributed by atoms with van der Waals surface area (Å²) < 4.78 is 6.20. The van der Waals surface area contributed by atoms with Crippen LogP contribution in [0.1, 0.15) is 32.4 Å². The Morgan fingerprint density at radius 2 is 1.83 bits per heavy atom. The van der Waals surface area contributed by atoms with Crippen LogP contribution in [0.3, 0.4) is 0 Å². The molecule has 1 fully saturated rings. The van der Waals surface area contributed by atoms with Gasteiger partial charge in [-0.3, -0.25) is 0 Å². The van der Waals surface area contributed by atoms with Crippen molar-refractivity contribution in [1.82, 2.24) is 0 Å². The van der Waals surface area contributed by atoms with Crippen molar-refractivity contribution in [2.45, 2.75) is 26.9 Å². The summed E-state index contributed by atoms with van der Waals surface area (Å²) in [4.78, 5) is 0. The minimum atomic E-state index is 0.251. The Bertz CT molecular complexity index is 448. The average molecular weight is 242 g/mol. The molecule has 18 heavy (non-hydrogen) atoms. The third-order valence-corrected chi connectivity index (χ3v) is 4.89. The molecule has 0 N–H and O–H groups in total. The number of hydrogen-bond donors (Lipinski definition) is 0. The second-order valence-corrected chi connectivity index (χ2v) is 5.98. The summed E-state index contributed by atoms with van der Waals surface area (Å²) in [6.45, 7) is 7.91. The summed E-state index contributed by atoms with van der Waals surface area (Å²) in [6, 6.07) is 10.7. The predicted molar refractivity (Wildman–Crippen MR) is 74.2 cm³/mol. The van der Waals surface area contributed by atoms with Gasteiger partial charge in [0.15, 0.2) is 0 Å². The van der Waals surface area contributed by atoms with E-state index >= 15 is 0 Å². The first-order valence-electron chi connectivity index (χ1n) is 7.03. The van der Waals surface area contributed by atoms with Gasteiger partial charge in [-0.1, -0.05) is 55.8 Å². The van der Waals surface area contributed by atoms with Crippen LogP contribution < -0.4 is 0 Å². The van der Waals surface area contributed by atoms with Crippen LogP contribution in [0.15, 0.2) is 42.0 Å². The molecule has 1 nitrogen and oxygen atoms in total. The SMILES string of the molecule is CC1=CC(C)[C@@H]2COC(c3ccccc3)[C@H]1C2C. The number of ether oxygens (including phenoxy) is 1. The van der Waals surface area contributed by atoms with Gasteiger partial charge in [0.2, 0.25) is 0 Å². The third-order valence-electron chi connectivity index (χ3n) is 4.89. The van der Waals surface area contributed by atoms with E-state index in [0.29, 0.717) is 17.8 Å². The number of rotatable bonds is 1. The molecule has 1 aliphatic heterocycles. The maximum atomic E-state index is 6.20. The molecule has 5 atom stereocenters. The van der Waals surface area contributed by atoms with Crippen LogP contribution in [-0.4, -0.2) is 6.61 Å². The van der Waals surface area contributed by atoms with Crippen LogP contribution in [-0.2, 0) is 4.74 Å². The molecule has 3 rings (SSSR count). The molecule has 0 saturated carbocycles. The van der Waals surface area contributed by atoms with Crippen molar-refractivity contribution in [3.63, 3.8) is 0 Å². The Morgan fingerprint density at radius 3 is 2.56 bits per heavy atom. The lowest BCUT2D eigenvalue weighted by molar-refractivity contribution is -0.0934. The summed E-state index contributed by atoms with van der Waals surface area (Å²) >= 11 is 0. The maximum absolute atomic E-state index is 6.20. The van der Waals surface area contributed by atoms with E-state index in [0.717, 1.165) is 12.5 Å². The molecule has 0 spiro atoms. The van der Waals surface area contributed by atoms with Crippen molar-refractivity contribution in [3.8, 4) is 0 Å². The van der Waals surface area contributed by atoms with Gasteiger partial charge in [-0.2, -0.15) is 0 Å². The summed E-state index contributed by atoms with van der Waals surface area (Å²) in [5, 5.41) is 0. The molecule has 1 aromatic rings. The van der Waals surface area contributed by atoms with Crippen molar-refractivity contribution in [2.24, 2.45) is 23.7 Å². The molecule has 2 bridgehead atoms. The first-order valence-corrected chi connectivity index (χ1v) is 7.03. The molecule has 1 saturated heterocycles. The minimum Gasteiger partial charge on any atom is -0.373 e. The standard InChI is InChI=1S/C17H22O/c1-11-9-12(2)16-13(3)15(11)10-18-17(16)14-7-5-4-6-8-14/h4-9,11,13,15-17H,10H2,1-3H3/t11?,13?,15-,16+,17?/m0/s1. The van der Waals surface area contributed by atoms with Crippen LogP contribution >= 0.6 is 0 Å². The lowest BCUT2D eigenvalue weighted by Gasteiger charge is -2.47. The van der Waals surface area contributed by atoms with Crippen molar-refractivity contribution in [3.05, 3.63) is 47.5 Å². The normalized spacial score (nSPS) is 39.3. The molecule has 1 heterocycles. The van der Waals surface area contributed by atoms with E-state index in [-0.39, 0.29) is 6.10 Å². The van der Waals surface area contributed by atoms with Crippen molar-refractivity contribution in [2.75, 3.05) is 6.61 Å². The van der Waals surface area contributed by atoms with E-state index < -0.39 is 0 Å². The zero-order valence-corrected chi connectivity index (χ0v) is 11.5. The summed E-state index contributed by atoms with van der Waals surface area (Å²) in [6.07, 6.45) is 2.72. The zero-order valence-electron chi connectivity index (χ0n) is 11.5. The fraction of sp³-hybridized carbons (Fsp3) is 0.529. The van der Waals surface area contributed by atoms with E-state index in [1.165, 1.54) is 11.1 Å². The number of fused-ring (bicyclic) bond motifs is 2. The Labute approximate surface area is 110 Å². The molecule has 3 unspecified atom stereocenters. The highest BCUT2D eigenvalue weighted by Gasteiger charge is 2.43. The van der Waals surface area contributed by atoms with E-state index in [1.807, 2.05) is 0 Å². The van der Waals surface area contributed by atoms with Crippen LogP contribution in [0.4, 0.5) is 0 Å². The lowest BCUT2D eigenvalue weighted by atomic mass is 9.65. The van der Waals surface area contributed by atoms with Gasteiger partial charge in [-0.05, 0) is 30.2 Å². The van der Waals surface area contributed by atoms with Gasteiger partial charge in [-0.25, -0.2) is 0 Å². The Hall–Kier alpha value is -1.08. The Balaban J connectivity index is 1.97. The summed E-state index contributed by atoms with van der Waals surface area (Å²) in [5.41, 5.74) is 2.84. The van der Waals surface area contributed by atoms with E-state index in [9.17, 15) is 0 Å². The molecule has 0 aromatic heterocycles. The molecule has 1 aromatic carbocycles. The second-order valence-electron chi connectivity index (χ2n) is 5.98. The number of allylic oxidation sites excluding steroid dienone is 1. The third kappa shape index (κ3) is 1.81.